The molecule has 4 rings (SSSR count). The zero-order valence-electron chi connectivity index (χ0n) is 17.2. The van der Waals surface area contributed by atoms with Crippen LogP contribution in [0.4, 0.5) is 5.95 Å². The second-order valence-electron chi connectivity index (χ2n) is 6.80. The van der Waals surface area contributed by atoms with Gasteiger partial charge in [-0.15, -0.1) is 0 Å². The summed E-state index contributed by atoms with van der Waals surface area (Å²) >= 11 is 0. The fraction of sp³-hybridized carbons (Fsp3) is 0.0400. The molecule has 1 heterocycles. The summed E-state index contributed by atoms with van der Waals surface area (Å²) in [7, 11) is 1.63. The third-order valence-corrected chi connectivity index (χ3v) is 4.81. The predicted molar refractivity (Wildman–Crippen MR) is 125 cm³/mol. The highest BCUT2D eigenvalue weighted by molar-refractivity contribution is 5.90. The van der Waals surface area contributed by atoms with Gasteiger partial charge in [0.25, 0.3) is 5.56 Å². The molecule has 2 N–H and O–H groups in total. The van der Waals surface area contributed by atoms with Gasteiger partial charge in [0.15, 0.2) is 0 Å². The number of hydrazone groups is 1. The van der Waals surface area contributed by atoms with E-state index in [-0.39, 0.29) is 11.5 Å². The summed E-state index contributed by atoms with van der Waals surface area (Å²) in [5.41, 5.74) is 6.05. The second-order valence-corrected chi connectivity index (χ2v) is 6.80. The summed E-state index contributed by atoms with van der Waals surface area (Å²) in [5.74, 6) is 0.928. The molecule has 0 unspecified atom stereocenters. The average Bonchev–Trinajstić information content (AvgIpc) is 2.84. The van der Waals surface area contributed by atoms with Gasteiger partial charge in [-0.3, -0.25) is 9.78 Å². The molecule has 1 aromatic heterocycles. The van der Waals surface area contributed by atoms with E-state index in [4.69, 9.17) is 4.74 Å². The van der Waals surface area contributed by atoms with Gasteiger partial charge in [-0.05, 0) is 23.3 Å². The Hall–Kier alpha value is -4.70. The molecule has 156 valence electrons. The number of rotatable bonds is 6. The van der Waals surface area contributed by atoms with Gasteiger partial charge < -0.3 is 4.74 Å². The van der Waals surface area contributed by atoms with Crippen molar-refractivity contribution in [1.29, 1.82) is 5.26 Å². The Morgan fingerprint density at radius 1 is 1.00 bits per heavy atom. The summed E-state index contributed by atoms with van der Waals surface area (Å²) in [4.78, 5) is 19.3. The molecular weight excluding hydrogens is 402 g/mol. The van der Waals surface area contributed by atoms with E-state index in [0.717, 1.165) is 22.4 Å². The predicted octanol–water partition coefficient (Wildman–Crippen LogP) is 4.43. The van der Waals surface area contributed by atoms with E-state index in [1.165, 1.54) is 0 Å². The number of benzene rings is 3. The van der Waals surface area contributed by atoms with E-state index in [0.29, 0.717) is 11.3 Å². The highest BCUT2D eigenvalue weighted by Crippen LogP contribution is 2.25. The molecule has 0 aliphatic carbocycles. The zero-order valence-corrected chi connectivity index (χ0v) is 17.2. The molecule has 7 nitrogen and oxygen atoms in total. The van der Waals surface area contributed by atoms with Crippen molar-refractivity contribution in [2.24, 2.45) is 5.10 Å². The Balaban J connectivity index is 1.62. The van der Waals surface area contributed by atoms with E-state index >= 15 is 0 Å². The van der Waals surface area contributed by atoms with Gasteiger partial charge in [0.1, 0.15) is 17.4 Å². The van der Waals surface area contributed by atoms with Gasteiger partial charge >= 0.3 is 0 Å². The maximum Gasteiger partial charge on any atom is 0.270 e. The molecule has 0 saturated carbocycles. The topological polar surface area (TPSA) is 103 Å². The fourth-order valence-corrected chi connectivity index (χ4v) is 3.24. The largest absolute Gasteiger partial charge is 0.497 e. The lowest BCUT2D eigenvalue weighted by Crippen LogP contribution is -2.16. The number of H-pyrrole nitrogens is 1. The molecule has 3 aromatic carbocycles. The number of hydrogen-bond acceptors (Lipinski definition) is 6. The van der Waals surface area contributed by atoms with Crippen molar-refractivity contribution in [3.63, 3.8) is 0 Å². The summed E-state index contributed by atoms with van der Waals surface area (Å²) in [6, 6.07) is 26.6. The van der Waals surface area contributed by atoms with Gasteiger partial charge in [-0.25, -0.2) is 10.4 Å². The van der Waals surface area contributed by atoms with Crippen LogP contribution >= 0.6 is 0 Å². The second kappa shape index (κ2) is 9.41. The standard InChI is InChI=1S/C25H19N5O2/c1-32-20-13-11-17(12-14-20)21-10-6-5-9-19(21)16-27-30-25-28-23(18-7-3-2-4-8-18)22(15-26)24(31)29-25/h2-14,16H,1H3,(H2,28,29,30,31). The number of methoxy groups -OCH3 is 1. The lowest BCUT2D eigenvalue weighted by atomic mass is 10.0. The van der Waals surface area contributed by atoms with Gasteiger partial charge in [0, 0.05) is 11.1 Å². The molecule has 4 aromatic rings. The number of aromatic amines is 1. The lowest BCUT2D eigenvalue weighted by molar-refractivity contribution is 0.415. The highest BCUT2D eigenvalue weighted by atomic mass is 16.5. The van der Waals surface area contributed by atoms with Crippen LogP contribution in [0.15, 0.2) is 88.8 Å². The molecule has 0 fully saturated rings. The summed E-state index contributed by atoms with van der Waals surface area (Å²) < 4.78 is 5.22. The van der Waals surface area contributed by atoms with Gasteiger partial charge in [-0.2, -0.15) is 10.4 Å². The van der Waals surface area contributed by atoms with Gasteiger partial charge in [0.2, 0.25) is 5.95 Å². The molecule has 32 heavy (non-hydrogen) atoms. The van der Waals surface area contributed by atoms with Gasteiger partial charge in [-0.1, -0.05) is 66.7 Å². The summed E-state index contributed by atoms with van der Waals surface area (Å²) in [6.07, 6.45) is 1.65. The number of hydrogen-bond donors (Lipinski definition) is 2. The van der Waals surface area contributed by atoms with E-state index in [1.807, 2.05) is 72.8 Å². The Bertz CT molecular complexity index is 1350. The molecule has 0 saturated heterocycles. The number of ether oxygens (including phenoxy) is 1. The first kappa shape index (κ1) is 20.6. The first-order valence-corrected chi connectivity index (χ1v) is 9.82. The van der Waals surface area contributed by atoms with Crippen molar-refractivity contribution in [3.05, 3.63) is 100 Å². The number of nitrogens with one attached hydrogen (secondary N) is 2. The molecule has 0 aliphatic rings. The van der Waals surface area contributed by atoms with E-state index in [2.05, 4.69) is 20.5 Å². The third kappa shape index (κ3) is 4.40. The van der Waals surface area contributed by atoms with Crippen LogP contribution in [-0.2, 0) is 0 Å². The maximum absolute atomic E-state index is 12.4. The Labute approximate surface area is 184 Å². The third-order valence-electron chi connectivity index (χ3n) is 4.81. The van der Waals surface area contributed by atoms with Crippen LogP contribution in [0.3, 0.4) is 0 Å². The average molecular weight is 421 g/mol. The molecular formula is C25H19N5O2. The maximum atomic E-state index is 12.4. The van der Waals surface area contributed by atoms with Crippen molar-refractivity contribution >= 4 is 12.2 Å². The van der Waals surface area contributed by atoms with Crippen molar-refractivity contribution in [1.82, 2.24) is 9.97 Å². The molecule has 7 heteroatoms. The van der Waals surface area contributed by atoms with Crippen molar-refractivity contribution in [3.8, 4) is 34.2 Å². The monoisotopic (exact) mass is 421 g/mol. The highest BCUT2D eigenvalue weighted by Gasteiger charge is 2.13. The Morgan fingerprint density at radius 3 is 2.44 bits per heavy atom. The minimum atomic E-state index is -0.530. The van der Waals surface area contributed by atoms with Crippen LogP contribution in [-0.4, -0.2) is 23.3 Å². The van der Waals surface area contributed by atoms with Crippen molar-refractivity contribution < 1.29 is 4.74 Å². The smallest absolute Gasteiger partial charge is 0.270 e. The zero-order chi connectivity index (χ0) is 22.3. The Kier molecular flexibility index (Phi) is 6.05. The van der Waals surface area contributed by atoms with Crippen molar-refractivity contribution in [2.45, 2.75) is 0 Å². The van der Waals surface area contributed by atoms with Crippen LogP contribution in [0.5, 0.6) is 5.75 Å². The SMILES string of the molecule is COc1ccc(-c2ccccc2C=NNc2nc(-c3ccccc3)c(C#N)c(=O)[nH]2)cc1. The summed E-state index contributed by atoms with van der Waals surface area (Å²) in [6.45, 7) is 0. The normalized spacial score (nSPS) is 10.6. The van der Waals surface area contributed by atoms with E-state index in [9.17, 15) is 10.1 Å². The minimum absolute atomic E-state index is 0.0458. The minimum Gasteiger partial charge on any atom is -0.497 e. The van der Waals surface area contributed by atoms with Crippen molar-refractivity contribution in [2.75, 3.05) is 12.5 Å². The number of aromatic nitrogens is 2. The van der Waals surface area contributed by atoms with Crippen LogP contribution in [0.25, 0.3) is 22.4 Å². The number of anilines is 1. The van der Waals surface area contributed by atoms with E-state index in [1.54, 1.807) is 25.5 Å². The lowest BCUT2D eigenvalue weighted by Gasteiger charge is -2.08. The van der Waals surface area contributed by atoms with Crippen LogP contribution in [0.1, 0.15) is 11.1 Å². The van der Waals surface area contributed by atoms with Crippen LogP contribution in [0.2, 0.25) is 0 Å². The molecule has 0 spiro atoms. The number of nitriles is 1. The van der Waals surface area contributed by atoms with Gasteiger partial charge in [0.05, 0.1) is 19.0 Å². The van der Waals surface area contributed by atoms with Crippen LogP contribution < -0.4 is 15.7 Å². The summed E-state index contributed by atoms with van der Waals surface area (Å²) in [5, 5.41) is 13.6. The first-order chi connectivity index (χ1) is 15.7. The quantitative estimate of drug-likeness (QED) is 0.354. The molecule has 0 amide bonds. The molecule has 0 radical (unpaired) electrons. The molecule has 0 aliphatic heterocycles. The molecule has 0 bridgehead atoms. The van der Waals surface area contributed by atoms with Crippen LogP contribution in [0, 0.1) is 11.3 Å². The van der Waals surface area contributed by atoms with E-state index < -0.39 is 5.56 Å². The molecule has 0 atom stereocenters. The Morgan fingerprint density at radius 2 is 1.72 bits per heavy atom. The number of nitrogens with zero attached hydrogens (tertiary/aromatic N) is 3. The fourth-order valence-electron chi connectivity index (χ4n) is 3.24. The first-order valence-electron chi connectivity index (χ1n) is 9.82.